The predicted molar refractivity (Wildman–Crippen MR) is 102 cm³/mol. The van der Waals surface area contributed by atoms with E-state index in [0.29, 0.717) is 26.1 Å². The van der Waals surface area contributed by atoms with Gasteiger partial charge in [0.15, 0.2) is 0 Å². The standard InChI is InChI=1S/C21H38O5/c1-17(2)11-7-5-3-4-6-10-14-25-15-16-26-21(24)19-13-9-8-12-18(19)20(22)23/h17-19H,3-16H2,1-2H3,(H,22,23). The van der Waals surface area contributed by atoms with Gasteiger partial charge >= 0.3 is 11.9 Å². The Balaban J connectivity index is 1.95. The van der Waals surface area contributed by atoms with Crippen molar-refractivity contribution in [1.29, 1.82) is 0 Å². The molecule has 0 aromatic carbocycles. The first-order valence-electron chi connectivity index (χ1n) is 10.5. The van der Waals surface area contributed by atoms with E-state index in [0.717, 1.165) is 25.2 Å². The Bertz CT molecular complexity index is 394. The van der Waals surface area contributed by atoms with Gasteiger partial charge in [0, 0.05) is 6.61 Å². The summed E-state index contributed by atoms with van der Waals surface area (Å²) in [5.41, 5.74) is 0. The van der Waals surface area contributed by atoms with Crippen LogP contribution in [0.3, 0.4) is 0 Å². The number of rotatable bonds is 14. The third-order valence-electron chi connectivity index (χ3n) is 5.18. The molecular formula is C21H38O5. The minimum atomic E-state index is -0.882. The van der Waals surface area contributed by atoms with E-state index in [2.05, 4.69) is 13.8 Å². The van der Waals surface area contributed by atoms with E-state index in [-0.39, 0.29) is 12.6 Å². The molecule has 0 amide bonds. The summed E-state index contributed by atoms with van der Waals surface area (Å²) in [6.45, 7) is 5.86. The Morgan fingerprint density at radius 1 is 0.885 bits per heavy atom. The second kappa shape index (κ2) is 14.0. The van der Waals surface area contributed by atoms with Crippen molar-refractivity contribution in [2.75, 3.05) is 19.8 Å². The van der Waals surface area contributed by atoms with E-state index in [1.807, 2.05) is 0 Å². The van der Waals surface area contributed by atoms with Gasteiger partial charge in [0.25, 0.3) is 0 Å². The maximum atomic E-state index is 12.1. The fraction of sp³-hybridized carbons (Fsp3) is 0.905. The molecule has 0 bridgehead atoms. The van der Waals surface area contributed by atoms with Gasteiger partial charge in [-0.3, -0.25) is 9.59 Å². The molecule has 0 heterocycles. The van der Waals surface area contributed by atoms with Gasteiger partial charge in [0.05, 0.1) is 18.4 Å². The zero-order valence-corrected chi connectivity index (χ0v) is 16.7. The number of esters is 1. The van der Waals surface area contributed by atoms with Gasteiger partial charge < -0.3 is 14.6 Å². The summed E-state index contributed by atoms with van der Waals surface area (Å²) in [7, 11) is 0. The third kappa shape index (κ3) is 10.1. The molecule has 1 rings (SSSR count). The summed E-state index contributed by atoms with van der Waals surface area (Å²) < 4.78 is 10.7. The number of carbonyl (C=O) groups is 2. The Morgan fingerprint density at radius 2 is 1.50 bits per heavy atom. The Morgan fingerprint density at radius 3 is 2.15 bits per heavy atom. The summed E-state index contributed by atoms with van der Waals surface area (Å²) >= 11 is 0. The number of hydrogen-bond acceptors (Lipinski definition) is 4. The van der Waals surface area contributed by atoms with Crippen LogP contribution in [0.25, 0.3) is 0 Å². The van der Waals surface area contributed by atoms with Gasteiger partial charge in [-0.05, 0) is 25.2 Å². The van der Waals surface area contributed by atoms with Crippen molar-refractivity contribution in [2.45, 2.75) is 84.5 Å². The van der Waals surface area contributed by atoms with Crippen LogP contribution in [0.1, 0.15) is 84.5 Å². The molecule has 26 heavy (non-hydrogen) atoms. The van der Waals surface area contributed by atoms with Crippen LogP contribution < -0.4 is 0 Å². The molecule has 0 spiro atoms. The third-order valence-corrected chi connectivity index (χ3v) is 5.18. The molecule has 5 heteroatoms. The summed E-state index contributed by atoms with van der Waals surface area (Å²) in [4.78, 5) is 23.3. The Kier molecular flexibility index (Phi) is 12.4. The van der Waals surface area contributed by atoms with Crippen LogP contribution in [-0.4, -0.2) is 36.9 Å². The molecule has 1 saturated carbocycles. The second-order valence-corrected chi connectivity index (χ2v) is 7.92. The molecule has 0 aliphatic heterocycles. The molecule has 5 nitrogen and oxygen atoms in total. The zero-order chi connectivity index (χ0) is 19.2. The number of ether oxygens (including phenoxy) is 2. The highest BCUT2D eigenvalue weighted by atomic mass is 16.6. The van der Waals surface area contributed by atoms with Crippen LogP contribution in [0.15, 0.2) is 0 Å². The van der Waals surface area contributed by atoms with Crippen LogP contribution in [0.5, 0.6) is 0 Å². The van der Waals surface area contributed by atoms with Crippen molar-refractivity contribution in [3.63, 3.8) is 0 Å². The molecule has 2 unspecified atom stereocenters. The van der Waals surface area contributed by atoms with Crippen LogP contribution in [0, 0.1) is 17.8 Å². The van der Waals surface area contributed by atoms with Crippen LogP contribution in [-0.2, 0) is 19.1 Å². The molecule has 0 radical (unpaired) electrons. The summed E-state index contributed by atoms with van der Waals surface area (Å²) in [5, 5.41) is 9.21. The molecular weight excluding hydrogens is 332 g/mol. The van der Waals surface area contributed by atoms with E-state index >= 15 is 0 Å². The van der Waals surface area contributed by atoms with Crippen LogP contribution >= 0.6 is 0 Å². The lowest BCUT2D eigenvalue weighted by Crippen LogP contribution is -2.34. The van der Waals surface area contributed by atoms with Gasteiger partial charge in [-0.15, -0.1) is 0 Å². The molecule has 0 saturated heterocycles. The quantitative estimate of drug-likeness (QED) is 0.350. The molecule has 1 aliphatic carbocycles. The second-order valence-electron chi connectivity index (χ2n) is 7.92. The van der Waals surface area contributed by atoms with E-state index in [1.54, 1.807) is 0 Å². The molecule has 152 valence electrons. The maximum Gasteiger partial charge on any atom is 0.309 e. The Labute approximate surface area is 158 Å². The fourth-order valence-electron chi connectivity index (χ4n) is 3.58. The van der Waals surface area contributed by atoms with E-state index in [9.17, 15) is 14.7 Å². The summed E-state index contributed by atoms with van der Waals surface area (Å²) in [5.74, 6) is -1.52. The highest BCUT2D eigenvalue weighted by Crippen LogP contribution is 2.31. The molecule has 1 fully saturated rings. The average Bonchev–Trinajstić information content (AvgIpc) is 2.62. The largest absolute Gasteiger partial charge is 0.481 e. The first-order valence-corrected chi connectivity index (χ1v) is 10.5. The van der Waals surface area contributed by atoms with Crippen molar-refractivity contribution in [3.8, 4) is 0 Å². The minimum Gasteiger partial charge on any atom is -0.481 e. The minimum absolute atomic E-state index is 0.219. The van der Waals surface area contributed by atoms with E-state index < -0.39 is 17.8 Å². The molecule has 1 aliphatic rings. The number of carboxylic acid groups (broad SMARTS) is 1. The number of hydrogen-bond donors (Lipinski definition) is 1. The lowest BCUT2D eigenvalue weighted by molar-refractivity contribution is -0.160. The van der Waals surface area contributed by atoms with Crippen molar-refractivity contribution in [2.24, 2.45) is 17.8 Å². The predicted octanol–water partition coefficient (Wildman–Crippen LogP) is 4.82. The smallest absolute Gasteiger partial charge is 0.309 e. The van der Waals surface area contributed by atoms with Gasteiger partial charge in [-0.1, -0.05) is 65.2 Å². The van der Waals surface area contributed by atoms with Gasteiger partial charge in [0.2, 0.25) is 0 Å². The summed E-state index contributed by atoms with van der Waals surface area (Å²) in [6.07, 6.45) is 11.7. The molecule has 2 atom stereocenters. The fourth-order valence-corrected chi connectivity index (χ4v) is 3.58. The lowest BCUT2D eigenvalue weighted by atomic mass is 9.79. The van der Waals surface area contributed by atoms with Gasteiger partial charge in [-0.25, -0.2) is 0 Å². The highest BCUT2D eigenvalue weighted by Gasteiger charge is 2.36. The zero-order valence-electron chi connectivity index (χ0n) is 16.7. The molecule has 0 aromatic heterocycles. The van der Waals surface area contributed by atoms with Crippen LogP contribution in [0.2, 0.25) is 0 Å². The number of unbranched alkanes of at least 4 members (excludes halogenated alkanes) is 5. The van der Waals surface area contributed by atoms with E-state index in [1.165, 1.54) is 38.5 Å². The monoisotopic (exact) mass is 370 g/mol. The number of aliphatic carboxylic acids is 1. The number of carboxylic acids is 1. The topological polar surface area (TPSA) is 72.8 Å². The first-order chi connectivity index (χ1) is 12.5. The maximum absolute atomic E-state index is 12.1. The van der Waals surface area contributed by atoms with Crippen LogP contribution in [0.4, 0.5) is 0 Å². The van der Waals surface area contributed by atoms with Crippen molar-refractivity contribution in [1.82, 2.24) is 0 Å². The molecule has 0 aromatic rings. The SMILES string of the molecule is CC(C)CCCCCCCCOCCOC(=O)C1CCCCC1C(=O)O. The molecule has 1 N–H and O–H groups in total. The number of carbonyl (C=O) groups excluding carboxylic acids is 1. The average molecular weight is 371 g/mol. The lowest BCUT2D eigenvalue weighted by Gasteiger charge is -2.26. The van der Waals surface area contributed by atoms with Crippen molar-refractivity contribution >= 4 is 11.9 Å². The highest BCUT2D eigenvalue weighted by molar-refractivity contribution is 5.81. The summed E-state index contributed by atoms with van der Waals surface area (Å²) in [6, 6.07) is 0. The van der Waals surface area contributed by atoms with Gasteiger partial charge in [-0.2, -0.15) is 0 Å². The van der Waals surface area contributed by atoms with Crippen molar-refractivity contribution < 1.29 is 24.2 Å². The first kappa shape index (κ1) is 22.9. The van der Waals surface area contributed by atoms with Gasteiger partial charge in [0.1, 0.15) is 6.61 Å². The van der Waals surface area contributed by atoms with Crippen molar-refractivity contribution in [3.05, 3.63) is 0 Å². The normalized spacial score (nSPS) is 20.3. The van der Waals surface area contributed by atoms with E-state index in [4.69, 9.17) is 9.47 Å². The Hall–Kier alpha value is -1.10.